The van der Waals surface area contributed by atoms with Gasteiger partial charge in [0.1, 0.15) is 0 Å². The van der Waals surface area contributed by atoms with Gasteiger partial charge < -0.3 is 19.1 Å². The number of aromatic nitrogens is 2. The van der Waals surface area contributed by atoms with Gasteiger partial charge in [0, 0.05) is 61.6 Å². The quantitative estimate of drug-likeness (QED) is 0.578. The fraction of sp³-hybridized carbons (Fsp3) is 0.375. The number of carbonyl (C=O) groups is 2. The monoisotopic (exact) mass is 454 g/mol. The Kier molecular flexibility index (Phi) is 6.37. The molecule has 0 bridgehead atoms. The lowest BCUT2D eigenvalue weighted by Gasteiger charge is -2.39. The second-order valence-electron chi connectivity index (χ2n) is 8.19. The maximum Gasteiger partial charge on any atom is 0.409 e. The molecule has 0 saturated carbocycles. The average molecular weight is 455 g/mol. The van der Waals surface area contributed by atoms with E-state index in [2.05, 4.69) is 0 Å². The van der Waals surface area contributed by atoms with E-state index in [1.165, 1.54) is 0 Å². The van der Waals surface area contributed by atoms with Crippen LogP contribution in [0.4, 0.5) is 4.79 Å². The molecule has 1 atom stereocenters. The fourth-order valence-corrected chi connectivity index (χ4v) is 4.26. The van der Waals surface area contributed by atoms with Crippen LogP contribution in [0.3, 0.4) is 0 Å². The third kappa shape index (κ3) is 4.43. The predicted octanol–water partition coefficient (Wildman–Crippen LogP) is 4.59. The van der Waals surface area contributed by atoms with Gasteiger partial charge in [-0.15, -0.1) is 0 Å². The van der Waals surface area contributed by atoms with Crippen molar-refractivity contribution in [1.29, 1.82) is 0 Å². The minimum Gasteiger partial charge on any atom is -0.449 e. The first-order chi connectivity index (χ1) is 15.4. The highest BCUT2D eigenvalue weighted by atomic mass is 35.5. The van der Waals surface area contributed by atoms with Crippen molar-refractivity contribution >= 4 is 34.5 Å². The minimum absolute atomic E-state index is 0.0796. The number of piperazine rings is 1. The van der Waals surface area contributed by atoms with E-state index < -0.39 is 0 Å². The highest BCUT2D eigenvalue weighted by Gasteiger charge is 2.31. The number of ether oxygens (including phenoxy) is 1. The van der Waals surface area contributed by atoms with E-state index in [4.69, 9.17) is 21.3 Å². The molecule has 1 fully saturated rings. The van der Waals surface area contributed by atoms with Crippen LogP contribution < -0.4 is 0 Å². The van der Waals surface area contributed by atoms with Gasteiger partial charge >= 0.3 is 6.09 Å². The van der Waals surface area contributed by atoms with E-state index in [0.29, 0.717) is 42.3 Å². The molecule has 1 aliphatic rings. The van der Waals surface area contributed by atoms with Gasteiger partial charge in [0.05, 0.1) is 22.8 Å². The predicted molar refractivity (Wildman–Crippen MR) is 125 cm³/mol. The fourth-order valence-electron chi connectivity index (χ4n) is 3.99. The van der Waals surface area contributed by atoms with E-state index in [1.807, 2.05) is 56.1 Å². The van der Waals surface area contributed by atoms with Crippen LogP contribution in [0.1, 0.15) is 30.6 Å². The molecule has 1 saturated heterocycles. The molecule has 0 radical (unpaired) electrons. The Labute approximate surface area is 192 Å². The maximum absolute atomic E-state index is 13.3. The van der Waals surface area contributed by atoms with Crippen molar-refractivity contribution in [3.63, 3.8) is 0 Å². The van der Waals surface area contributed by atoms with E-state index in [-0.39, 0.29) is 18.0 Å². The Morgan fingerprint density at radius 3 is 2.72 bits per heavy atom. The van der Waals surface area contributed by atoms with Gasteiger partial charge in [-0.3, -0.25) is 4.79 Å². The van der Waals surface area contributed by atoms with E-state index in [1.54, 1.807) is 21.9 Å². The molecule has 3 heterocycles. The normalized spacial score (nSPS) is 16.4. The molecular formula is C24H27ClN4O3. The highest BCUT2D eigenvalue weighted by molar-refractivity contribution is 6.35. The summed E-state index contributed by atoms with van der Waals surface area (Å²) in [4.78, 5) is 33.6. The lowest BCUT2D eigenvalue weighted by molar-refractivity contribution is 0.0414. The largest absolute Gasteiger partial charge is 0.449 e. The third-order valence-corrected chi connectivity index (χ3v) is 6.02. The molecule has 8 heteroatoms. The van der Waals surface area contributed by atoms with Gasteiger partial charge in [0.15, 0.2) is 0 Å². The number of halogens is 1. The lowest BCUT2D eigenvalue weighted by atomic mass is 10.1. The summed E-state index contributed by atoms with van der Waals surface area (Å²) in [6, 6.07) is 9.13. The molecule has 1 aromatic carbocycles. The smallest absolute Gasteiger partial charge is 0.409 e. The number of amides is 2. The maximum atomic E-state index is 13.3. The molecule has 3 aromatic rings. The number of hydrogen-bond donors (Lipinski definition) is 0. The molecule has 0 unspecified atom stereocenters. The summed E-state index contributed by atoms with van der Waals surface area (Å²) in [5, 5.41) is 1.40. The topological polar surface area (TPSA) is 67.7 Å². The van der Waals surface area contributed by atoms with Crippen LogP contribution in [0.15, 0.2) is 42.7 Å². The Bertz CT molecular complexity index is 1160. The number of rotatable bonds is 4. The molecular weight excluding hydrogens is 428 g/mol. The molecule has 2 aromatic heterocycles. The molecule has 0 spiro atoms. The second kappa shape index (κ2) is 9.20. The van der Waals surface area contributed by atoms with E-state index >= 15 is 0 Å². The molecule has 4 rings (SSSR count). The summed E-state index contributed by atoms with van der Waals surface area (Å²) in [5.74, 6) is -0.0796. The lowest BCUT2D eigenvalue weighted by Crippen LogP contribution is -2.55. The minimum atomic E-state index is -0.316. The number of benzene rings is 1. The molecule has 0 aliphatic carbocycles. The van der Waals surface area contributed by atoms with Gasteiger partial charge in [0.25, 0.3) is 5.91 Å². The Hall–Kier alpha value is -3.06. The van der Waals surface area contributed by atoms with Crippen molar-refractivity contribution in [3.8, 4) is 11.3 Å². The Balaban J connectivity index is 1.55. The average Bonchev–Trinajstić information content (AvgIpc) is 3.22. The highest BCUT2D eigenvalue weighted by Crippen LogP contribution is 2.29. The van der Waals surface area contributed by atoms with Crippen LogP contribution in [-0.4, -0.2) is 63.6 Å². The first kappa shape index (κ1) is 22.1. The zero-order valence-corrected chi connectivity index (χ0v) is 19.3. The van der Waals surface area contributed by atoms with Crippen molar-refractivity contribution in [1.82, 2.24) is 19.4 Å². The summed E-state index contributed by atoms with van der Waals surface area (Å²) < 4.78 is 7.18. The zero-order valence-electron chi connectivity index (χ0n) is 18.5. The summed E-state index contributed by atoms with van der Waals surface area (Å²) in [6.07, 6.45) is 4.40. The van der Waals surface area contributed by atoms with Crippen LogP contribution in [0, 0.1) is 0 Å². The molecule has 168 valence electrons. The number of fused-ring (bicyclic) bond motifs is 1. The molecule has 0 N–H and O–H groups in total. The van der Waals surface area contributed by atoms with Crippen LogP contribution >= 0.6 is 11.6 Å². The summed E-state index contributed by atoms with van der Waals surface area (Å²) in [7, 11) is 1.95. The SMILES string of the molecule is CCCOC(=O)N1CCN(C(=O)c2ccc3c(Cl)cc(-c4ccn(C)c4)nc3c2)[C@@H](C)C1. The summed E-state index contributed by atoms with van der Waals surface area (Å²) in [5.41, 5.74) is 2.96. The van der Waals surface area contributed by atoms with Gasteiger partial charge in [-0.1, -0.05) is 24.6 Å². The zero-order chi connectivity index (χ0) is 22.8. The van der Waals surface area contributed by atoms with Gasteiger partial charge in [0.2, 0.25) is 0 Å². The van der Waals surface area contributed by atoms with Crippen molar-refractivity contribution in [2.75, 3.05) is 26.2 Å². The van der Waals surface area contributed by atoms with Gasteiger partial charge in [-0.05, 0) is 37.6 Å². The number of aryl methyl sites for hydroxylation is 1. The first-order valence-electron chi connectivity index (χ1n) is 10.8. The van der Waals surface area contributed by atoms with Gasteiger partial charge in [-0.2, -0.15) is 0 Å². The number of nitrogens with zero attached hydrogens (tertiary/aromatic N) is 4. The van der Waals surface area contributed by atoms with Crippen molar-refractivity contribution < 1.29 is 14.3 Å². The number of hydrogen-bond acceptors (Lipinski definition) is 4. The van der Waals surface area contributed by atoms with Crippen molar-refractivity contribution in [2.24, 2.45) is 7.05 Å². The number of pyridine rings is 1. The Morgan fingerprint density at radius 2 is 2.03 bits per heavy atom. The van der Waals surface area contributed by atoms with Crippen LogP contribution in [0.25, 0.3) is 22.2 Å². The second-order valence-corrected chi connectivity index (χ2v) is 8.60. The van der Waals surface area contributed by atoms with Crippen molar-refractivity contribution in [3.05, 3.63) is 53.3 Å². The molecule has 32 heavy (non-hydrogen) atoms. The van der Waals surface area contributed by atoms with Crippen LogP contribution in [0.2, 0.25) is 5.02 Å². The summed E-state index contributed by atoms with van der Waals surface area (Å²) >= 11 is 6.51. The van der Waals surface area contributed by atoms with Crippen LogP contribution in [-0.2, 0) is 11.8 Å². The Morgan fingerprint density at radius 1 is 1.22 bits per heavy atom. The van der Waals surface area contributed by atoms with Crippen molar-refractivity contribution in [2.45, 2.75) is 26.3 Å². The van der Waals surface area contributed by atoms with E-state index in [0.717, 1.165) is 23.1 Å². The molecule has 2 amide bonds. The third-order valence-electron chi connectivity index (χ3n) is 5.71. The molecule has 7 nitrogen and oxygen atoms in total. The molecule has 1 aliphatic heterocycles. The standard InChI is InChI=1S/C24H27ClN4O3/c1-4-11-32-24(31)28-9-10-29(16(2)14-28)23(30)17-5-6-19-20(25)13-21(26-22(19)12-17)18-7-8-27(3)15-18/h5-8,12-13,15-16H,4,9-11,14H2,1-3H3/t16-/m0/s1. The van der Waals surface area contributed by atoms with Crippen LogP contribution in [0.5, 0.6) is 0 Å². The summed E-state index contributed by atoms with van der Waals surface area (Å²) in [6.45, 7) is 5.67. The van der Waals surface area contributed by atoms with Gasteiger partial charge in [-0.25, -0.2) is 9.78 Å². The van der Waals surface area contributed by atoms with E-state index in [9.17, 15) is 9.59 Å². The first-order valence-corrected chi connectivity index (χ1v) is 11.2. The number of carbonyl (C=O) groups excluding carboxylic acids is 2.